The normalized spacial score (nSPS) is 11.6. The highest BCUT2D eigenvalue weighted by Gasteiger charge is 2.20. The lowest BCUT2D eigenvalue weighted by molar-refractivity contribution is 0.0656. The zero-order valence-electron chi connectivity index (χ0n) is 9.47. The number of unbranched alkanes of at least 4 members (excludes halogenated alkanes) is 2. The zero-order chi connectivity index (χ0) is 12.9. The fourth-order valence-electron chi connectivity index (χ4n) is 1.23. The molecule has 0 saturated carbocycles. The second kappa shape index (κ2) is 5.83. The van der Waals surface area contributed by atoms with Gasteiger partial charge in [0.05, 0.1) is 0 Å². The van der Waals surface area contributed by atoms with Gasteiger partial charge in [-0.05, 0) is 18.6 Å². The summed E-state index contributed by atoms with van der Waals surface area (Å²) in [5.74, 6) is -1.68. The van der Waals surface area contributed by atoms with Crippen molar-refractivity contribution >= 4 is 16.0 Å². The zero-order valence-corrected chi connectivity index (χ0v) is 10.3. The molecule has 96 valence electrons. The molecular weight excluding hydrogens is 246 g/mol. The minimum absolute atomic E-state index is 0.319. The van der Waals surface area contributed by atoms with Crippen LogP contribution in [0.5, 0.6) is 0 Å². The molecule has 1 aromatic rings. The molecule has 6 nitrogen and oxygen atoms in total. The van der Waals surface area contributed by atoms with Crippen LogP contribution in [-0.2, 0) is 10.0 Å². The van der Waals surface area contributed by atoms with Crippen molar-refractivity contribution in [2.75, 3.05) is 6.54 Å². The molecule has 0 aliphatic rings. The molecule has 0 fully saturated rings. The van der Waals surface area contributed by atoms with Gasteiger partial charge in [-0.3, -0.25) is 0 Å². The largest absolute Gasteiger partial charge is 0.475 e. The van der Waals surface area contributed by atoms with Gasteiger partial charge >= 0.3 is 5.97 Å². The Bertz CT molecular complexity index is 477. The van der Waals surface area contributed by atoms with Crippen molar-refractivity contribution in [3.05, 3.63) is 17.9 Å². The molecule has 0 aliphatic carbocycles. The molecule has 0 aromatic carbocycles. The number of carboxylic acids is 1. The average molecular weight is 261 g/mol. The second-order valence-electron chi connectivity index (χ2n) is 3.53. The first kappa shape index (κ1) is 13.7. The lowest BCUT2D eigenvalue weighted by atomic mass is 10.3. The van der Waals surface area contributed by atoms with Gasteiger partial charge in [-0.2, -0.15) is 0 Å². The summed E-state index contributed by atoms with van der Waals surface area (Å²) in [4.78, 5) is 10.5. The Labute approximate surface area is 99.7 Å². The Hall–Kier alpha value is -1.34. The molecule has 1 heterocycles. The number of carbonyl (C=O) groups is 1. The maximum atomic E-state index is 11.6. The molecule has 2 N–H and O–H groups in total. The van der Waals surface area contributed by atoms with Gasteiger partial charge in [-0.15, -0.1) is 0 Å². The molecule has 0 spiro atoms. The SMILES string of the molecule is CCCCCNS(=O)(=O)c1ccc(C(=O)O)o1. The summed E-state index contributed by atoms with van der Waals surface area (Å²) < 4.78 is 30.3. The fraction of sp³-hybridized carbons (Fsp3) is 0.500. The third-order valence-corrected chi connectivity index (χ3v) is 3.46. The van der Waals surface area contributed by atoms with E-state index in [4.69, 9.17) is 9.52 Å². The first-order valence-corrected chi connectivity index (χ1v) is 6.78. The first-order valence-electron chi connectivity index (χ1n) is 5.30. The van der Waals surface area contributed by atoms with Crippen LogP contribution in [0.25, 0.3) is 0 Å². The minimum Gasteiger partial charge on any atom is -0.475 e. The van der Waals surface area contributed by atoms with E-state index in [1.54, 1.807) is 0 Å². The van der Waals surface area contributed by atoms with Crippen molar-refractivity contribution in [2.45, 2.75) is 31.3 Å². The van der Waals surface area contributed by atoms with Gasteiger partial charge in [0.1, 0.15) is 0 Å². The Morgan fingerprint density at radius 2 is 2.12 bits per heavy atom. The van der Waals surface area contributed by atoms with Gasteiger partial charge in [0.2, 0.25) is 10.9 Å². The molecule has 7 heteroatoms. The van der Waals surface area contributed by atoms with Crippen LogP contribution in [0.4, 0.5) is 0 Å². The van der Waals surface area contributed by atoms with Gasteiger partial charge in [0.15, 0.2) is 0 Å². The van der Waals surface area contributed by atoms with Crippen LogP contribution in [0, 0.1) is 0 Å². The highest BCUT2D eigenvalue weighted by Crippen LogP contribution is 2.13. The number of furan rings is 1. The van der Waals surface area contributed by atoms with Crippen LogP contribution in [0.2, 0.25) is 0 Å². The van der Waals surface area contributed by atoms with Crippen molar-refractivity contribution in [1.29, 1.82) is 0 Å². The number of carboxylic acid groups (broad SMARTS) is 1. The van der Waals surface area contributed by atoms with Crippen LogP contribution in [0.3, 0.4) is 0 Å². The summed E-state index contributed by atoms with van der Waals surface area (Å²) in [6.07, 6.45) is 2.66. The van der Waals surface area contributed by atoms with Gasteiger partial charge in [0.25, 0.3) is 10.0 Å². The van der Waals surface area contributed by atoms with E-state index in [9.17, 15) is 13.2 Å². The minimum atomic E-state index is -3.73. The summed E-state index contributed by atoms with van der Waals surface area (Å²) in [5, 5.41) is 8.23. The van der Waals surface area contributed by atoms with Crippen LogP contribution in [-0.4, -0.2) is 26.0 Å². The third-order valence-electron chi connectivity index (χ3n) is 2.13. The molecule has 17 heavy (non-hydrogen) atoms. The Balaban J connectivity index is 2.66. The van der Waals surface area contributed by atoms with E-state index in [2.05, 4.69) is 4.72 Å². The van der Waals surface area contributed by atoms with E-state index in [0.29, 0.717) is 6.54 Å². The second-order valence-corrected chi connectivity index (χ2v) is 5.23. The molecule has 0 aliphatic heterocycles. The molecule has 0 atom stereocenters. The van der Waals surface area contributed by atoms with Crippen molar-refractivity contribution in [3.63, 3.8) is 0 Å². The van der Waals surface area contributed by atoms with E-state index in [0.717, 1.165) is 31.4 Å². The van der Waals surface area contributed by atoms with Crippen LogP contribution < -0.4 is 4.72 Å². The highest BCUT2D eigenvalue weighted by atomic mass is 32.2. The number of rotatable bonds is 7. The quantitative estimate of drug-likeness (QED) is 0.724. The van der Waals surface area contributed by atoms with Crippen LogP contribution in [0.15, 0.2) is 21.6 Å². The number of hydrogen-bond acceptors (Lipinski definition) is 4. The molecular formula is C10H15NO5S. The highest BCUT2D eigenvalue weighted by molar-refractivity contribution is 7.89. The predicted octanol–water partition coefficient (Wildman–Crippen LogP) is 1.45. The van der Waals surface area contributed by atoms with E-state index < -0.39 is 16.0 Å². The molecule has 1 aromatic heterocycles. The summed E-state index contributed by atoms with van der Waals surface area (Å²) in [5.41, 5.74) is 0. The van der Waals surface area contributed by atoms with Gasteiger partial charge in [0, 0.05) is 6.54 Å². The Kier molecular flexibility index (Phi) is 4.71. The van der Waals surface area contributed by atoms with E-state index in [1.165, 1.54) is 0 Å². The molecule has 0 bridgehead atoms. The number of sulfonamides is 1. The standard InChI is InChI=1S/C10H15NO5S/c1-2-3-4-7-11-17(14,15)9-6-5-8(16-9)10(12)13/h5-6,11H,2-4,7H2,1H3,(H,12,13). The smallest absolute Gasteiger partial charge is 0.371 e. The lowest BCUT2D eigenvalue weighted by Gasteiger charge is -2.02. The molecule has 1 rings (SSSR count). The number of nitrogens with one attached hydrogen (secondary N) is 1. The van der Waals surface area contributed by atoms with Crippen LogP contribution >= 0.6 is 0 Å². The summed E-state index contributed by atoms with van der Waals surface area (Å²) >= 11 is 0. The molecule has 0 amide bonds. The van der Waals surface area contributed by atoms with Gasteiger partial charge in [-0.25, -0.2) is 17.9 Å². The van der Waals surface area contributed by atoms with Crippen molar-refractivity contribution < 1.29 is 22.7 Å². The summed E-state index contributed by atoms with van der Waals surface area (Å²) in [6.45, 7) is 2.33. The third kappa shape index (κ3) is 3.86. The summed E-state index contributed by atoms with van der Waals surface area (Å²) in [7, 11) is -3.73. The van der Waals surface area contributed by atoms with Crippen LogP contribution in [0.1, 0.15) is 36.7 Å². The van der Waals surface area contributed by atoms with E-state index in [1.807, 2.05) is 6.92 Å². The first-order chi connectivity index (χ1) is 7.97. The van der Waals surface area contributed by atoms with Gasteiger partial charge in [-0.1, -0.05) is 19.8 Å². The van der Waals surface area contributed by atoms with E-state index >= 15 is 0 Å². The molecule has 0 radical (unpaired) electrons. The number of hydrogen-bond donors (Lipinski definition) is 2. The number of aromatic carboxylic acids is 1. The monoisotopic (exact) mass is 261 g/mol. The van der Waals surface area contributed by atoms with E-state index in [-0.39, 0.29) is 10.9 Å². The maximum absolute atomic E-state index is 11.6. The molecule has 0 unspecified atom stereocenters. The lowest BCUT2D eigenvalue weighted by Crippen LogP contribution is -2.24. The summed E-state index contributed by atoms with van der Waals surface area (Å²) in [6, 6.07) is 2.24. The van der Waals surface area contributed by atoms with Gasteiger partial charge < -0.3 is 9.52 Å². The maximum Gasteiger partial charge on any atom is 0.371 e. The Morgan fingerprint density at radius 1 is 1.41 bits per heavy atom. The topological polar surface area (TPSA) is 96.6 Å². The predicted molar refractivity (Wildman–Crippen MR) is 60.4 cm³/mol. The average Bonchev–Trinajstić information content (AvgIpc) is 2.74. The Morgan fingerprint density at radius 3 is 2.65 bits per heavy atom. The van der Waals surface area contributed by atoms with Crippen molar-refractivity contribution in [3.8, 4) is 0 Å². The molecule has 0 saturated heterocycles. The van der Waals surface area contributed by atoms with Crippen molar-refractivity contribution in [1.82, 2.24) is 4.72 Å². The fourth-order valence-corrected chi connectivity index (χ4v) is 2.23. The van der Waals surface area contributed by atoms with Crippen molar-refractivity contribution in [2.24, 2.45) is 0 Å².